The van der Waals surface area contributed by atoms with Crippen LogP contribution >= 0.6 is 11.3 Å². The number of hydrogen-bond acceptors (Lipinski definition) is 5. The SMILES string of the molecule is Cc1nc(NC(=O)C(=O)NCc2ccccn2)sc1C. The topological polar surface area (TPSA) is 84.0 Å². The molecule has 2 aromatic heterocycles. The number of pyridine rings is 1. The molecule has 7 heteroatoms. The maximum Gasteiger partial charge on any atom is 0.315 e. The van der Waals surface area contributed by atoms with Crippen LogP contribution in [0, 0.1) is 13.8 Å². The Labute approximate surface area is 120 Å². The maximum absolute atomic E-state index is 11.7. The fourth-order valence-electron chi connectivity index (χ4n) is 1.43. The van der Waals surface area contributed by atoms with E-state index in [-0.39, 0.29) is 6.54 Å². The van der Waals surface area contributed by atoms with Gasteiger partial charge in [-0.3, -0.25) is 19.9 Å². The molecular weight excluding hydrogens is 276 g/mol. The molecule has 2 amide bonds. The number of thiazole rings is 1. The molecule has 0 atom stereocenters. The minimum absolute atomic E-state index is 0.211. The number of carbonyl (C=O) groups excluding carboxylic acids is 2. The summed E-state index contributed by atoms with van der Waals surface area (Å²) in [6.45, 7) is 3.97. The number of nitrogens with zero attached hydrogens (tertiary/aromatic N) is 2. The van der Waals surface area contributed by atoms with Gasteiger partial charge in [-0.1, -0.05) is 6.07 Å². The molecule has 0 aliphatic heterocycles. The lowest BCUT2D eigenvalue weighted by molar-refractivity contribution is -0.136. The Morgan fingerprint density at radius 2 is 2.05 bits per heavy atom. The molecule has 2 N–H and O–H groups in total. The second kappa shape index (κ2) is 6.25. The van der Waals surface area contributed by atoms with Crippen molar-refractivity contribution in [2.45, 2.75) is 20.4 Å². The molecule has 0 saturated carbocycles. The van der Waals surface area contributed by atoms with Crippen LogP contribution in [0.5, 0.6) is 0 Å². The minimum atomic E-state index is -0.727. The summed E-state index contributed by atoms with van der Waals surface area (Å²) < 4.78 is 0. The highest BCUT2D eigenvalue weighted by Crippen LogP contribution is 2.20. The van der Waals surface area contributed by atoms with E-state index in [1.807, 2.05) is 19.9 Å². The molecule has 0 radical (unpaired) electrons. The molecule has 0 spiro atoms. The lowest BCUT2D eigenvalue weighted by atomic mass is 10.3. The summed E-state index contributed by atoms with van der Waals surface area (Å²) in [5.41, 5.74) is 1.54. The van der Waals surface area contributed by atoms with Crippen molar-refractivity contribution in [2.75, 3.05) is 5.32 Å². The first-order chi connectivity index (χ1) is 9.56. The number of aromatic nitrogens is 2. The zero-order valence-corrected chi connectivity index (χ0v) is 12.0. The van der Waals surface area contributed by atoms with E-state index < -0.39 is 11.8 Å². The van der Waals surface area contributed by atoms with Crippen molar-refractivity contribution < 1.29 is 9.59 Å². The number of aryl methyl sites for hydroxylation is 2. The molecular formula is C13H14N4O2S. The Balaban J connectivity index is 1.87. The van der Waals surface area contributed by atoms with Crippen LogP contribution in [0.15, 0.2) is 24.4 Å². The first kappa shape index (κ1) is 14.1. The predicted octanol–water partition coefficient (Wildman–Crippen LogP) is 1.41. The first-order valence-electron chi connectivity index (χ1n) is 5.99. The molecule has 0 saturated heterocycles. The highest BCUT2D eigenvalue weighted by Gasteiger charge is 2.15. The van der Waals surface area contributed by atoms with E-state index in [0.29, 0.717) is 10.8 Å². The van der Waals surface area contributed by atoms with Crippen LogP contribution in [0.25, 0.3) is 0 Å². The van der Waals surface area contributed by atoms with Crippen LogP contribution in [0.1, 0.15) is 16.3 Å². The maximum atomic E-state index is 11.7. The van der Waals surface area contributed by atoms with Gasteiger partial charge in [0.25, 0.3) is 0 Å². The number of carbonyl (C=O) groups is 2. The van der Waals surface area contributed by atoms with Gasteiger partial charge >= 0.3 is 11.8 Å². The van der Waals surface area contributed by atoms with E-state index in [1.165, 1.54) is 11.3 Å². The number of anilines is 1. The van der Waals surface area contributed by atoms with Crippen LogP contribution < -0.4 is 10.6 Å². The predicted molar refractivity (Wildman–Crippen MR) is 76.3 cm³/mol. The fourth-order valence-corrected chi connectivity index (χ4v) is 2.24. The van der Waals surface area contributed by atoms with Gasteiger partial charge in [-0.2, -0.15) is 0 Å². The van der Waals surface area contributed by atoms with Crippen molar-refractivity contribution in [1.82, 2.24) is 15.3 Å². The number of hydrogen-bond donors (Lipinski definition) is 2. The van der Waals surface area contributed by atoms with Crippen molar-refractivity contribution in [3.63, 3.8) is 0 Å². The lowest BCUT2D eigenvalue weighted by Gasteiger charge is -2.04. The van der Waals surface area contributed by atoms with Gasteiger partial charge in [-0.05, 0) is 26.0 Å². The Kier molecular flexibility index (Phi) is 4.41. The van der Waals surface area contributed by atoms with Gasteiger partial charge in [0.2, 0.25) is 0 Å². The number of rotatable bonds is 3. The van der Waals surface area contributed by atoms with Gasteiger partial charge in [0, 0.05) is 11.1 Å². The average Bonchev–Trinajstić information content (AvgIpc) is 2.75. The number of amides is 2. The molecule has 2 aromatic rings. The van der Waals surface area contributed by atoms with E-state index in [2.05, 4.69) is 20.6 Å². The Morgan fingerprint density at radius 3 is 2.65 bits per heavy atom. The van der Waals surface area contributed by atoms with Crippen molar-refractivity contribution in [1.29, 1.82) is 0 Å². The standard InChI is InChI=1S/C13H14N4O2S/c1-8-9(2)20-13(16-8)17-12(19)11(18)15-7-10-5-3-4-6-14-10/h3-6H,7H2,1-2H3,(H,15,18)(H,16,17,19). The largest absolute Gasteiger partial charge is 0.342 e. The lowest BCUT2D eigenvalue weighted by Crippen LogP contribution is -2.35. The molecule has 2 rings (SSSR count). The van der Waals surface area contributed by atoms with Crippen molar-refractivity contribution in [3.8, 4) is 0 Å². The normalized spacial score (nSPS) is 10.1. The highest BCUT2D eigenvalue weighted by molar-refractivity contribution is 7.15. The highest BCUT2D eigenvalue weighted by atomic mass is 32.1. The second-order valence-electron chi connectivity index (χ2n) is 4.12. The van der Waals surface area contributed by atoms with Crippen LogP contribution in [-0.4, -0.2) is 21.8 Å². The molecule has 2 heterocycles. The summed E-state index contributed by atoms with van der Waals surface area (Å²) in [6.07, 6.45) is 1.63. The van der Waals surface area contributed by atoms with E-state index >= 15 is 0 Å². The number of nitrogens with one attached hydrogen (secondary N) is 2. The molecule has 0 aliphatic rings. The molecule has 0 fully saturated rings. The monoisotopic (exact) mass is 290 g/mol. The third kappa shape index (κ3) is 3.61. The summed E-state index contributed by atoms with van der Waals surface area (Å²) in [4.78, 5) is 32.5. The molecule has 0 aromatic carbocycles. The third-order valence-corrected chi connectivity index (χ3v) is 3.60. The summed E-state index contributed by atoms with van der Waals surface area (Å²) in [5.74, 6) is -1.43. The molecule has 104 valence electrons. The molecule has 0 unspecified atom stereocenters. The minimum Gasteiger partial charge on any atom is -0.342 e. The quantitative estimate of drug-likeness (QED) is 0.837. The van der Waals surface area contributed by atoms with E-state index in [1.54, 1.807) is 18.3 Å². The van der Waals surface area contributed by atoms with Crippen LogP contribution in [0.3, 0.4) is 0 Å². The van der Waals surface area contributed by atoms with Gasteiger partial charge in [0.05, 0.1) is 17.9 Å². The average molecular weight is 290 g/mol. The smallest absolute Gasteiger partial charge is 0.315 e. The Bertz CT molecular complexity index is 605. The first-order valence-corrected chi connectivity index (χ1v) is 6.81. The fraction of sp³-hybridized carbons (Fsp3) is 0.231. The molecule has 20 heavy (non-hydrogen) atoms. The summed E-state index contributed by atoms with van der Waals surface area (Å²) in [5, 5.41) is 5.41. The van der Waals surface area contributed by atoms with Crippen molar-refractivity contribution >= 4 is 28.3 Å². The van der Waals surface area contributed by atoms with Crippen molar-refractivity contribution in [2.24, 2.45) is 0 Å². The molecule has 0 aliphatic carbocycles. The molecule has 6 nitrogen and oxygen atoms in total. The van der Waals surface area contributed by atoms with E-state index in [4.69, 9.17) is 0 Å². The Hall–Kier alpha value is -2.28. The van der Waals surface area contributed by atoms with Gasteiger partial charge in [-0.15, -0.1) is 11.3 Å². The van der Waals surface area contributed by atoms with E-state index in [0.717, 1.165) is 10.6 Å². The van der Waals surface area contributed by atoms with Gasteiger partial charge in [-0.25, -0.2) is 4.98 Å². The Morgan fingerprint density at radius 1 is 1.25 bits per heavy atom. The van der Waals surface area contributed by atoms with Crippen LogP contribution in [-0.2, 0) is 16.1 Å². The zero-order valence-electron chi connectivity index (χ0n) is 11.1. The van der Waals surface area contributed by atoms with Crippen molar-refractivity contribution in [3.05, 3.63) is 40.7 Å². The summed E-state index contributed by atoms with van der Waals surface area (Å²) >= 11 is 1.34. The van der Waals surface area contributed by atoms with Gasteiger partial charge in [0.1, 0.15) is 0 Å². The summed E-state index contributed by atoms with van der Waals surface area (Å²) in [6, 6.07) is 5.37. The van der Waals surface area contributed by atoms with Crippen LogP contribution in [0.2, 0.25) is 0 Å². The van der Waals surface area contributed by atoms with E-state index in [9.17, 15) is 9.59 Å². The zero-order chi connectivity index (χ0) is 14.5. The third-order valence-electron chi connectivity index (χ3n) is 2.61. The van der Waals surface area contributed by atoms with Gasteiger partial charge in [0.15, 0.2) is 5.13 Å². The van der Waals surface area contributed by atoms with Crippen LogP contribution in [0.4, 0.5) is 5.13 Å². The second-order valence-corrected chi connectivity index (χ2v) is 5.32. The van der Waals surface area contributed by atoms with Gasteiger partial charge < -0.3 is 5.32 Å². The molecule has 0 bridgehead atoms. The summed E-state index contributed by atoms with van der Waals surface area (Å²) in [7, 11) is 0.